The highest BCUT2D eigenvalue weighted by Gasteiger charge is 2.33. The second-order valence-corrected chi connectivity index (χ2v) is 9.66. The number of anilines is 2. The van der Waals surface area contributed by atoms with Crippen molar-refractivity contribution >= 4 is 46.0 Å². The zero-order valence-corrected chi connectivity index (χ0v) is 20.0. The van der Waals surface area contributed by atoms with Crippen LogP contribution in [0.1, 0.15) is 25.0 Å². The van der Waals surface area contributed by atoms with Gasteiger partial charge in [-0.2, -0.15) is 0 Å². The molecule has 4 N–H and O–H groups in total. The molecule has 0 aromatic carbocycles. The van der Waals surface area contributed by atoms with Gasteiger partial charge in [-0.3, -0.25) is 19.6 Å². The number of hydrogen-bond acceptors (Lipinski definition) is 9. The van der Waals surface area contributed by atoms with E-state index >= 15 is 0 Å². The van der Waals surface area contributed by atoms with E-state index in [1.165, 1.54) is 18.9 Å². The van der Waals surface area contributed by atoms with E-state index < -0.39 is 6.10 Å². The molecular formula is C24H26N6O4S. The lowest BCUT2D eigenvalue weighted by Gasteiger charge is -2.33. The Kier molecular flexibility index (Phi) is 6.80. The first-order valence-electron chi connectivity index (χ1n) is 11.4. The van der Waals surface area contributed by atoms with Crippen LogP contribution in [0.25, 0.3) is 11.0 Å². The lowest BCUT2D eigenvalue weighted by atomic mass is 9.83. The van der Waals surface area contributed by atoms with E-state index in [1.54, 1.807) is 30.6 Å². The molecule has 1 fully saturated rings. The van der Waals surface area contributed by atoms with Crippen molar-refractivity contribution < 1.29 is 19.4 Å². The number of rotatable bonds is 6. The Morgan fingerprint density at radius 2 is 2.17 bits per heavy atom. The summed E-state index contributed by atoms with van der Waals surface area (Å²) in [4.78, 5) is 38.7. The van der Waals surface area contributed by atoms with E-state index in [2.05, 4.69) is 30.9 Å². The van der Waals surface area contributed by atoms with Crippen molar-refractivity contribution in [1.82, 2.24) is 20.3 Å². The largest absolute Gasteiger partial charge is 0.481 e. The highest BCUT2D eigenvalue weighted by Crippen LogP contribution is 2.31. The number of pyridine rings is 3. The van der Waals surface area contributed by atoms with Crippen LogP contribution < -0.4 is 20.7 Å². The van der Waals surface area contributed by atoms with Gasteiger partial charge in [0.05, 0.1) is 41.6 Å². The fourth-order valence-corrected chi connectivity index (χ4v) is 5.19. The molecule has 1 saturated carbocycles. The molecule has 1 aliphatic carbocycles. The van der Waals surface area contributed by atoms with Gasteiger partial charge in [-0.05, 0) is 37.5 Å². The minimum atomic E-state index is -0.667. The first-order chi connectivity index (χ1) is 17.0. The molecule has 0 unspecified atom stereocenters. The summed E-state index contributed by atoms with van der Waals surface area (Å²) >= 11 is 1.47. The average molecular weight is 495 g/mol. The third kappa shape index (κ3) is 5.21. The van der Waals surface area contributed by atoms with Crippen LogP contribution in [0.3, 0.4) is 0 Å². The van der Waals surface area contributed by atoms with Crippen LogP contribution in [-0.2, 0) is 16.1 Å². The molecular weight excluding hydrogens is 468 g/mol. The van der Waals surface area contributed by atoms with Crippen LogP contribution in [0.5, 0.6) is 5.88 Å². The monoisotopic (exact) mass is 494 g/mol. The van der Waals surface area contributed by atoms with Crippen LogP contribution in [-0.4, -0.2) is 56.9 Å². The molecule has 3 atom stereocenters. The Hall–Kier alpha value is -3.28. The van der Waals surface area contributed by atoms with Crippen molar-refractivity contribution in [2.75, 3.05) is 23.5 Å². The van der Waals surface area contributed by atoms with Gasteiger partial charge in [-0.25, -0.2) is 4.98 Å². The van der Waals surface area contributed by atoms with Gasteiger partial charge < -0.3 is 25.8 Å². The van der Waals surface area contributed by atoms with Crippen molar-refractivity contribution in [2.24, 2.45) is 5.92 Å². The molecule has 3 aromatic heterocycles. The quantitative estimate of drug-likeness (QED) is 0.407. The number of aliphatic hydroxyl groups is 1. The number of aromatic nitrogens is 3. The number of hydrogen-bond donors (Lipinski definition) is 4. The number of carbonyl (C=O) groups is 2. The summed E-state index contributed by atoms with van der Waals surface area (Å²) in [5.74, 6) is 0.360. The topological polar surface area (TPSA) is 138 Å². The Bertz CT molecular complexity index is 1270. The van der Waals surface area contributed by atoms with Crippen LogP contribution >= 0.6 is 11.8 Å². The number of nitrogens with zero attached hydrogens (tertiary/aromatic N) is 3. The van der Waals surface area contributed by atoms with Gasteiger partial charge in [0, 0.05) is 41.9 Å². The molecule has 5 rings (SSSR count). The molecule has 11 heteroatoms. The SMILES string of the molecule is COc1ccc2nccc(NC(=O)[C@H]3CC[C@H](NCc4cc5c(cn4)SCC(=O)N5)[C@@H](O)C3)c2n1. The predicted molar refractivity (Wildman–Crippen MR) is 132 cm³/mol. The van der Waals surface area contributed by atoms with Gasteiger partial charge in [0.2, 0.25) is 17.7 Å². The minimum absolute atomic E-state index is 0.0192. The fraction of sp³-hybridized carbons (Fsp3) is 0.375. The van der Waals surface area contributed by atoms with E-state index in [4.69, 9.17) is 4.74 Å². The molecule has 4 heterocycles. The number of fused-ring (bicyclic) bond motifs is 2. The van der Waals surface area contributed by atoms with Gasteiger partial charge in [0.15, 0.2) is 0 Å². The fourth-order valence-electron chi connectivity index (χ4n) is 4.44. The molecule has 3 aromatic rings. The van der Waals surface area contributed by atoms with Crippen LogP contribution in [0, 0.1) is 5.92 Å². The number of methoxy groups -OCH3 is 1. The zero-order chi connectivity index (χ0) is 24.4. The Balaban J connectivity index is 1.18. The third-order valence-corrected chi connectivity index (χ3v) is 7.36. The normalized spacial score (nSPS) is 21.8. The number of ether oxygens (including phenoxy) is 1. The van der Waals surface area contributed by atoms with Crippen molar-refractivity contribution in [2.45, 2.75) is 42.8 Å². The van der Waals surface area contributed by atoms with Gasteiger partial charge >= 0.3 is 0 Å². The van der Waals surface area contributed by atoms with Crippen LogP contribution in [0.2, 0.25) is 0 Å². The van der Waals surface area contributed by atoms with Crippen molar-refractivity contribution in [1.29, 1.82) is 0 Å². The summed E-state index contributed by atoms with van der Waals surface area (Å²) in [5.41, 5.74) is 3.34. The summed E-state index contributed by atoms with van der Waals surface area (Å²) in [6.45, 7) is 0.461. The standard InChI is InChI=1S/C24H26N6O4S/c1-34-22-5-4-16-23(30-22)17(6-7-25-16)29-24(33)13-2-3-15(19(31)8-13)27-10-14-9-18-20(11-26-14)35-12-21(32)28-18/h4-7,9,11,13,15,19,27,31H,2-3,8,10,12H2,1H3,(H,28,32)(H,25,29,33)/t13-,15-,19-/m0/s1. The minimum Gasteiger partial charge on any atom is -0.481 e. The Morgan fingerprint density at radius 3 is 3.00 bits per heavy atom. The lowest BCUT2D eigenvalue weighted by molar-refractivity contribution is -0.122. The first kappa shape index (κ1) is 23.5. The molecule has 10 nitrogen and oxygen atoms in total. The van der Waals surface area contributed by atoms with Gasteiger partial charge in [-0.15, -0.1) is 11.8 Å². The number of nitrogens with one attached hydrogen (secondary N) is 3. The van der Waals surface area contributed by atoms with Crippen molar-refractivity contribution in [3.63, 3.8) is 0 Å². The van der Waals surface area contributed by atoms with E-state index in [0.29, 0.717) is 54.2 Å². The van der Waals surface area contributed by atoms with Crippen molar-refractivity contribution in [3.05, 3.63) is 42.4 Å². The molecule has 35 heavy (non-hydrogen) atoms. The second kappa shape index (κ2) is 10.1. The molecule has 182 valence electrons. The predicted octanol–water partition coefficient (Wildman–Crippen LogP) is 2.34. The number of amides is 2. The van der Waals surface area contributed by atoms with Crippen LogP contribution in [0.4, 0.5) is 11.4 Å². The number of aliphatic hydroxyl groups excluding tert-OH is 1. The maximum absolute atomic E-state index is 13.0. The number of thioether (sulfide) groups is 1. The molecule has 1 aliphatic heterocycles. The summed E-state index contributed by atoms with van der Waals surface area (Å²) in [5, 5.41) is 19.9. The molecule has 2 aliphatic rings. The van der Waals surface area contributed by atoms with E-state index in [0.717, 1.165) is 16.3 Å². The van der Waals surface area contributed by atoms with E-state index in [-0.39, 0.29) is 23.8 Å². The summed E-state index contributed by atoms with van der Waals surface area (Å²) < 4.78 is 5.20. The third-order valence-electron chi connectivity index (χ3n) is 6.32. The summed E-state index contributed by atoms with van der Waals surface area (Å²) in [6, 6.07) is 6.94. The highest BCUT2D eigenvalue weighted by molar-refractivity contribution is 8.00. The lowest BCUT2D eigenvalue weighted by Crippen LogP contribution is -2.46. The molecule has 2 amide bonds. The molecule has 0 saturated heterocycles. The maximum Gasteiger partial charge on any atom is 0.234 e. The van der Waals surface area contributed by atoms with Gasteiger partial charge in [0.25, 0.3) is 0 Å². The summed E-state index contributed by atoms with van der Waals surface area (Å²) in [6.07, 6.45) is 4.37. The van der Waals surface area contributed by atoms with Crippen LogP contribution in [0.15, 0.2) is 41.6 Å². The molecule has 0 spiro atoms. The molecule has 0 bridgehead atoms. The van der Waals surface area contributed by atoms with E-state index in [9.17, 15) is 14.7 Å². The molecule has 0 radical (unpaired) electrons. The smallest absolute Gasteiger partial charge is 0.234 e. The van der Waals surface area contributed by atoms with E-state index in [1.807, 2.05) is 6.07 Å². The maximum atomic E-state index is 13.0. The average Bonchev–Trinajstić information content (AvgIpc) is 2.87. The Morgan fingerprint density at radius 1 is 1.29 bits per heavy atom. The first-order valence-corrected chi connectivity index (χ1v) is 12.4. The summed E-state index contributed by atoms with van der Waals surface area (Å²) in [7, 11) is 1.54. The van der Waals surface area contributed by atoms with Gasteiger partial charge in [-0.1, -0.05) is 0 Å². The van der Waals surface area contributed by atoms with Gasteiger partial charge in [0.1, 0.15) is 5.52 Å². The highest BCUT2D eigenvalue weighted by atomic mass is 32.2. The zero-order valence-electron chi connectivity index (χ0n) is 19.2. The second-order valence-electron chi connectivity index (χ2n) is 8.64. The Labute approximate surface area is 206 Å². The number of carbonyl (C=O) groups excluding carboxylic acids is 2. The van der Waals surface area contributed by atoms with Crippen molar-refractivity contribution in [3.8, 4) is 5.88 Å².